The smallest absolute Gasteiger partial charge is 0.0659 e. The van der Waals surface area contributed by atoms with Gasteiger partial charge in [0.25, 0.3) is 0 Å². The van der Waals surface area contributed by atoms with Gasteiger partial charge in [0.1, 0.15) is 8.07 Å². The van der Waals surface area contributed by atoms with E-state index in [-0.39, 0.29) is 5.04 Å². The summed E-state index contributed by atoms with van der Waals surface area (Å²) < 4.78 is 1.35. The van der Waals surface area contributed by atoms with E-state index in [2.05, 4.69) is 132 Å². The highest BCUT2D eigenvalue weighted by Gasteiger charge is 2.45. The van der Waals surface area contributed by atoms with Gasteiger partial charge in [-0.3, -0.25) is 0 Å². The van der Waals surface area contributed by atoms with Crippen LogP contribution in [-0.4, -0.2) is 8.07 Å². The minimum absolute atomic E-state index is 0.206. The van der Waals surface area contributed by atoms with Crippen molar-refractivity contribution in [3.63, 3.8) is 0 Å². The van der Waals surface area contributed by atoms with E-state index in [0.717, 1.165) is 0 Å². The van der Waals surface area contributed by atoms with Gasteiger partial charge in [-0.1, -0.05) is 87.1 Å². The summed E-state index contributed by atoms with van der Waals surface area (Å²) in [5.41, 5.74) is 2.54. The SMILES string of the molecule is CC(C)(C)[Si](C=C(I)I)(c1ccccc1)c1ccccc1. The summed E-state index contributed by atoms with van der Waals surface area (Å²) in [7, 11) is -1.99. The van der Waals surface area contributed by atoms with E-state index in [1.54, 1.807) is 0 Å². The largest absolute Gasteiger partial charge is 0.147 e. The van der Waals surface area contributed by atoms with Crippen LogP contribution in [-0.2, 0) is 0 Å². The molecule has 110 valence electrons. The van der Waals surface area contributed by atoms with Gasteiger partial charge in [-0.15, -0.1) is 0 Å². The molecule has 0 N–H and O–H groups in total. The van der Waals surface area contributed by atoms with Gasteiger partial charge >= 0.3 is 0 Å². The van der Waals surface area contributed by atoms with Gasteiger partial charge in [-0.05, 0) is 60.6 Å². The standard InChI is InChI=1S/C18H20I2Si/c1-18(2,3)21(14-17(19)20,15-10-6-4-7-11-15)16-12-8-5-9-13-16/h4-14H,1-3H3. The lowest BCUT2D eigenvalue weighted by Crippen LogP contribution is -2.63. The summed E-state index contributed by atoms with van der Waals surface area (Å²) in [5.74, 6) is 0. The molecule has 0 saturated carbocycles. The van der Waals surface area contributed by atoms with Crippen LogP contribution in [0.25, 0.3) is 0 Å². The van der Waals surface area contributed by atoms with Crippen molar-refractivity contribution in [2.45, 2.75) is 25.8 Å². The Morgan fingerprint density at radius 3 is 1.48 bits per heavy atom. The predicted octanol–water partition coefficient (Wildman–Crippen LogP) is 5.30. The highest BCUT2D eigenvalue weighted by Crippen LogP contribution is 2.38. The normalized spacial score (nSPS) is 12.0. The minimum Gasteiger partial charge on any atom is -0.0659 e. The summed E-state index contributed by atoms with van der Waals surface area (Å²) >= 11 is 4.89. The van der Waals surface area contributed by atoms with Gasteiger partial charge in [0, 0.05) is 1.59 Å². The summed E-state index contributed by atoms with van der Waals surface area (Å²) in [6.07, 6.45) is 0. The zero-order chi connectivity index (χ0) is 15.5. The van der Waals surface area contributed by atoms with Gasteiger partial charge < -0.3 is 0 Å². The number of benzene rings is 2. The van der Waals surface area contributed by atoms with Crippen molar-refractivity contribution in [2.24, 2.45) is 0 Å². The molecule has 0 nitrogen and oxygen atoms in total. The number of halogens is 2. The van der Waals surface area contributed by atoms with Crippen LogP contribution in [0.4, 0.5) is 0 Å². The fourth-order valence-corrected chi connectivity index (χ4v) is 10.4. The first-order valence-electron chi connectivity index (χ1n) is 7.03. The Morgan fingerprint density at radius 2 is 1.19 bits per heavy atom. The third kappa shape index (κ3) is 3.61. The molecule has 2 rings (SSSR count). The van der Waals surface area contributed by atoms with Gasteiger partial charge in [-0.25, -0.2) is 0 Å². The second-order valence-corrected chi connectivity index (χ2v) is 15.2. The van der Waals surface area contributed by atoms with E-state index in [1.165, 1.54) is 12.0 Å². The summed E-state index contributed by atoms with van der Waals surface area (Å²) in [4.78, 5) is 0. The molecule has 0 fully saturated rings. The van der Waals surface area contributed by atoms with Gasteiger partial charge in [0.15, 0.2) is 0 Å². The predicted molar refractivity (Wildman–Crippen MR) is 114 cm³/mol. The zero-order valence-electron chi connectivity index (χ0n) is 12.6. The average molecular weight is 518 g/mol. The lowest BCUT2D eigenvalue weighted by atomic mass is 10.2. The average Bonchev–Trinajstić information content (AvgIpc) is 2.45. The molecule has 0 amide bonds. The van der Waals surface area contributed by atoms with Crippen molar-refractivity contribution >= 4 is 63.6 Å². The van der Waals surface area contributed by atoms with Crippen LogP contribution in [0, 0.1) is 0 Å². The maximum atomic E-state index is 2.54. The molecule has 3 heteroatoms. The third-order valence-corrected chi connectivity index (χ3v) is 11.3. The molecule has 0 spiro atoms. The molecular weight excluding hydrogens is 498 g/mol. The molecular formula is C18H20I2Si. The van der Waals surface area contributed by atoms with Crippen LogP contribution in [0.2, 0.25) is 5.04 Å². The first-order valence-corrected chi connectivity index (χ1v) is 11.3. The summed E-state index contributed by atoms with van der Waals surface area (Å²) in [6.45, 7) is 7.14. The Kier molecular flexibility index (Phi) is 5.70. The quantitative estimate of drug-likeness (QED) is 0.383. The van der Waals surface area contributed by atoms with Crippen LogP contribution in [0.3, 0.4) is 0 Å². The molecule has 0 aliphatic rings. The monoisotopic (exact) mass is 518 g/mol. The van der Waals surface area contributed by atoms with E-state index >= 15 is 0 Å². The van der Waals surface area contributed by atoms with Crippen LogP contribution in [0.1, 0.15) is 20.8 Å². The molecule has 0 aromatic heterocycles. The molecule has 0 bridgehead atoms. The van der Waals surface area contributed by atoms with Crippen molar-refractivity contribution in [3.8, 4) is 0 Å². The summed E-state index contributed by atoms with van der Waals surface area (Å²) in [6, 6.07) is 22.1. The van der Waals surface area contributed by atoms with Crippen LogP contribution in [0.15, 0.2) is 67.9 Å². The fraction of sp³-hybridized carbons (Fsp3) is 0.222. The minimum atomic E-state index is -1.99. The van der Waals surface area contributed by atoms with Crippen molar-refractivity contribution in [2.75, 3.05) is 0 Å². The first-order chi connectivity index (χ1) is 9.88. The van der Waals surface area contributed by atoms with E-state index < -0.39 is 8.07 Å². The molecule has 0 heterocycles. The molecule has 0 aliphatic carbocycles. The molecule has 0 atom stereocenters. The Bertz CT molecular complexity index is 569. The topological polar surface area (TPSA) is 0 Å². The van der Waals surface area contributed by atoms with Crippen molar-refractivity contribution in [1.82, 2.24) is 0 Å². The van der Waals surface area contributed by atoms with Crippen LogP contribution >= 0.6 is 45.2 Å². The van der Waals surface area contributed by atoms with Crippen molar-refractivity contribution < 1.29 is 0 Å². The lowest BCUT2D eigenvalue weighted by Gasteiger charge is -2.42. The number of rotatable bonds is 3. The maximum absolute atomic E-state index is 2.54. The lowest BCUT2D eigenvalue weighted by molar-refractivity contribution is 0.739. The van der Waals surface area contributed by atoms with E-state index in [1.807, 2.05) is 0 Å². The van der Waals surface area contributed by atoms with Gasteiger partial charge in [0.05, 0.1) is 0 Å². The Labute approximate surface area is 156 Å². The molecule has 0 aliphatic heterocycles. The Balaban J connectivity index is 2.82. The van der Waals surface area contributed by atoms with Crippen molar-refractivity contribution in [1.29, 1.82) is 0 Å². The van der Waals surface area contributed by atoms with Gasteiger partial charge in [0.2, 0.25) is 0 Å². The second kappa shape index (κ2) is 6.96. The molecule has 0 saturated heterocycles. The second-order valence-electron chi connectivity index (χ2n) is 6.22. The Hall–Kier alpha value is -0.143. The Morgan fingerprint density at radius 1 is 0.810 bits per heavy atom. The maximum Gasteiger partial charge on any atom is 0.147 e. The van der Waals surface area contributed by atoms with Crippen LogP contribution in [0.5, 0.6) is 0 Å². The highest BCUT2D eigenvalue weighted by molar-refractivity contribution is 14.2. The molecule has 2 aromatic rings. The number of hydrogen-bond donors (Lipinski definition) is 0. The van der Waals surface area contributed by atoms with E-state index in [0.29, 0.717) is 0 Å². The van der Waals surface area contributed by atoms with Crippen molar-refractivity contribution in [3.05, 3.63) is 67.9 Å². The summed E-state index contributed by atoms with van der Waals surface area (Å²) in [5, 5.41) is 3.17. The van der Waals surface area contributed by atoms with E-state index in [4.69, 9.17) is 0 Å². The van der Waals surface area contributed by atoms with E-state index in [9.17, 15) is 0 Å². The highest BCUT2D eigenvalue weighted by atomic mass is 127. The molecule has 0 radical (unpaired) electrons. The fourth-order valence-electron chi connectivity index (χ4n) is 2.98. The number of hydrogen-bond acceptors (Lipinski definition) is 0. The zero-order valence-corrected chi connectivity index (χ0v) is 17.9. The third-order valence-electron chi connectivity index (χ3n) is 3.97. The first kappa shape index (κ1) is 17.2. The van der Waals surface area contributed by atoms with Crippen LogP contribution < -0.4 is 10.4 Å². The molecule has 2 aromatic carbocycles. The molecule has 21 heavy (non-hydrogen) atoms. The van der Waals surface area contributed by atoms with Gasteiger partial charge in [-0.2, -0.15) is 0 Å². The molecule has 0 unspecified atom stereocenters.